The number of amides is 1. The van der Waals surface area contributed by atoms with Crippen LogP contribution in [-0.2, 0) is 17.8 Å². The Morgan fingerprint density at radius 2 is 2.04 bits per heavy atom. The third-order valence-corrected chi connectivity index (χ3v) is 6.08. The number of carbonyl (C=O) groups is 1. The first-order valence-corrected chi connectivity index (χ1v) is 10.2. The molecule has 2 aliphatic rings. The van der Waals surface area contributed by atoms with Gasteiger partial charge in [-0.15, -0.1) is 0 Å². The summed E-state index contributed by atoms with van der Waals surface area (Å²) in [6, 6.07) is 8.51. The zero-order valence-electron chi connectivity index (χ0n) is 14.2. The van der Waals surface area contributed by atoms with Crippen LogP contribution in [0.25, 0.3) is 0 Å². The lowest BCUT2D eigenvalue weighted by atomic mass is 9.98. The highest BCUT2D eigenvalue weighted by Crippen LogP contribution is 2.25. The predicted molar refractivity (Wildman–Crippen MR) is 99.1 cm³/mol. The summed E-state index contributed by atoms with van der Waals surface area (Å²) >= 11 is 1.98. The summed E-state index contributed by atoms with van der Waals surface area (Å²) in [4.78, 5) is 14.3. The number of benzene rings is 1. The standard InChI is InChI=1S/C19H28N2O2S/c22-18(12-20-19(23)11-15-6-9-24-10-7-15)14-21-8-5-16-3-1-2-4-17(16)13-21/h1-4,15,18,22H,5-14H2,(H,20,23). The fraction of sp³-hybridized carbons (Fsp3) is 0.632. The van der Waals surface area contributed by atoms with Crippen molar-refractivity contribution >= 4 is 17.7 Å². The lowest BCUT2D eigenvalue weighted by molar-refractivity contribution is -0.122. The van der Waals surface area contributed by atoms with E-state index in [9.17, 15) is 9.90 Å². The molecule has 4 nitrogen and oxygen atoms in total. The number of hydrogen-bond donors (Lipinski definition) is 2. The van der Waals surface area contributed by atoms with Crippen molar-refractivity contribution in [2.24, 2.45) is 5.92 Å². The van der Waals surface area contributed by atoms with Gasteiger partial charge in [-0.25, -0.2) is 0 Å². The van der Waals surface area contributed by atoms with Gasteiger partial charge in [0.05, 0.1) is 6.10 Å². The van der Waals surface area contributed by atoms with Crippen molar-refractivity contribution < 1.29 is 9.90 Å². The maximum atomic E-state index is 12.0. The van der Waals surface area contributed by atoms with Crippen molar-refractivity contribution in [1.82, 2.24) is 10.2 Å². The monoisotopic (exact) mass is 348 g/mol. The maximum Gasteiger partial charge on any atom is 0.220 e. The molecule has 1 unspecified atom stereocenters. The molecule has 0 spiro atoms. The van der Waals surface area contributed by atoms with E-state index >= 15 is 0 Å². The second-order valence-electron chi connectivity index (χ2n) is 6.97. The lowest BCUT2D eigenvalue weighted by Gasteiger charge is -2.30. The number of nitrogens with one attached hydrogen (secondary N) is 1. The highest BCUT2D eigenvalue weighted by atomic mass is 32.2. The first kappa shape index (κ1) is 17.8. The molecule has 5 heteroatoms. The van der Waals surface area contributed by atoms with Crippen LogP contribution in [0.3, 0.4) is 0 Å². The van der Waals surface area contributed by atoms with Crippen molar-refractivity contribution in [3.05, 3.63) is 35.4 Å². The van der Waals surface area contributed by atoms with Crippen molar-refractivity contribution in [3.63, 3.8) is 0 Å². The Hall–Kier alpha value is -1.04. The molecular weight excluding hydrogens is 320 g/mol. The van der Waals surface area contributed by atoms with Gasteiger partial charge in [0, 0.05) is 32.6 Å². The SMILES string of the molecule is O=C(CC1CCSCC1)NCC(O)CN1CCc2ccccc2C1. The number of aliphatic hydroxyl groups excluding tert-OH is 1. The molecule has 1 fully saturated rings. The van der Waals surface area contributed by atoms with Crippen LogP contribution >= 0.6 is 11.8 Å². The molecule has 1 amide bonds. The molecule has 1 aromatic carbocycles. The molecule has 0 aromatic heterocycles. The van der Waals surface area contributed by atoms with E-state index in [1.54, 1.807) is 0 Å². The summed E-state index contributed by atoms with van der Waals surface area (Å²) in [7, 11) is 0. The second kappa shape index (κ2) is 8.88. The largest absolute Gasteiger partial charge is 0.390 e. The molecule has 2 N–H and O–H groups in total. The van der Waals surface area contributed by atoms with Gasteiger partial charge in [0.25, 0.3) is 0 Å². The number of fused-ring (bicyclic) bond motifs is 1. The topological polar surface area (TPSA) is 52.6 Å². The third kappa shape index (κ3) is 5.23. The molecule has 0 bridgehead atoms. The third-order valence-electron chi connectivity index (χ3n) is 5.03. The number of β-amino-alcohol motifs (C(OH)–C–C–N with tert-alkyl or cyclic N) is 1. The van der Waals surface area contributed by atoms with Crippen molar-refractivity contribution in [3.8, 4) is 0 Å². The van der Waals surface area contributed by atoms with Crippen molar-refractivity contribution in [2.75, 3.05) is 31.1 Å². The lowest BCUT2D eigenvalue weighted by Crippen LogP contribution is -2.42. The van der Waals surface area contributed by atoms with Gasteiger partial charge in [-0.3, -0.25) is 9.69 Å². The maximum absolute atomic E-state index is 12.0. The van der Waals surface area contributed by atoms with Gasteiger partial charge in [-0.1, -0.05) is 24.3 Å². The highest BCUT2D eigenvalue weighted by molar-refractivity contribution is 7.99. The molecule has 1 saturated heterocycles. The van der Waals surface area contributed by atoms with Crippen LogP contribution in [0.5, 0.6) is 0 Å². The van der Waals surface area contributed by atoms with E-state index in [0.29, 0.717) is 25.4 Å². The fourth-order valence-corrected chi connectivity index (χ4v) is 4.79. The molecular formula is C19H28N2O2S. The van der Waals surface area contributed by atoms with Crippen LogP contribution in [0.15, 0.2) is 24.3 Å². The Morgan fingerprint density at radius 3 is 2.83 bits per heavy atom. The average molecular weight is 349 g/mol. The van der Waals surface area contributed by atoms with E-state index in [4.69, 9.17) is 0 Å². The molecule has 0 radical (unpaired) electrons. The minimum atomic E-state index is -0.499. The van der Waals surface area contributed by atoms with E-state index in [1.165, 1.54) is 22.6 Å². The summed E-state index contributed by atoms with van der Waals surface area (Å²) in [5.41, 5.74) is 2.78. The first-order valence-electron chi connectivity index (χ1n) is 9.02. The molecule has 1 atom stereocenters. The van der Waals surface area contributed by atoms with Crippen molar-refractivity contribution in [2.45, 2.75) is 38.3 Å². The van der Waals surface area contributed by atoms with Gasteiger partial charge in [0.2, 0.25) is 5.91 Å². The van der Waals surface area contributed by atoms with Gasteiger partial charge < -0.3 is 10.4 Å². The minimum Gasteiger partial charge on any atom is -0.390 e. The van der Waals surface area contributed by atoms with Crippen LogP contribution in [0.2, 0.25) is 0 Å². The molecule has 1 aromatic rings. The van der Waals surface area contributed by atoms with E-state index in [-0.39, 0.29) is 5.91 Å². The Labute approximate surface area is 149 Å². The average Bonchev–Trinajstić information content (AvgIpc) is 2.61. The Balaban J connectivity index is 1.36. The van der Waals surface area contributed by atoms with Crippen LogP contribution in [0.4, 0.5) is 0 Å². The number of thioether (sulfide) groups is 1. The van der Waals surface area contributed by atoms with Crippen molar-refractivity contribution in [1.29, 1.82) is 0 Å². The number of hydrogen-bond acceptors (Lipinski definition) is 4. The summed E-state index contributed by atoms with van der Waals surface area (Å²) < 4.78 is 0. The quantitative estimate of drug-likeness (QED) is 0.826. The zero-order chi connectivity index (χ0) is 16.8. The van der Waals surface area contributed by atoms with Gasteiger partial charge in [0.15, 0.2) is 0 Å². The van der Waals surface area contributed by atoms with Crippen LogP contribution in [0.1, 0.15) is 30.4 Å². The number of rotatable bonds is 6. The van der Waals surface area contributed by atoms with Gasteiger partial charge in [-0.05, 0) is 47.8 Å². The van der Waals surface area contributed by atoms with E-state index in [0.717, 1.165) is 32.4 Å². The molecule has 2 aliphatic heterocycles. The molecule has 3 rings (SSSR count). The predicted octanol–water partition coefficient (Wildman–Crippen LogP) is 2.06. The van der Waals surface area contributed by atoms with Gasteiger partial charge >= 0.3 is 0 Å². The summed E-state index contributed by atoms with van der Waals surface area (Å²) in [6.07, 6.45) is 3.45. The summed E-state index contributed by atoms with van der Waals surface area (Å²) in [5.74, 6) is 2.98. The van der Waals surface area contributed by atoms with E-state index < -0.39 is 6.10 Å². The molecule has 2 heterocycles. The number of nitrogens with zero attached hydrogens (tertiary/aromatic N) is 1. The van der Waals surface area contributed by atoms with Crippen LogP contribution < -0.4 is 5.32 Å². The normalized spacial score (nSPS) is 20.4. The molecule has 0 saturated carbocycles. The zero-order valence-corrected chi connectivity index (χ0v) is 15.1. The summed E-state index contributed by atoms with van der Waals surface area (Å²) in [6.45, 7) is 2.84. The highest BCUT2D eigenvalue weighted by Gasteiger charge is 2.20. The Bertz CT molecular complexity index is 546. The molecule has 132 valence electrons. The van der Waals surface area contributed by atoms with Crippen LogP contribution in [0, 0.1) is 5.92 Å². The smallest absolute Gasteiger partial charge is 0.220 e. The first-order chi connectivity index (χ1) is 11.7. The number of aliphatic hydroxyl groups is 1. The fourth-order valence-electron chi connectivity index (χ4n) is 3.59. The van der Waals surface area contributed by atoms with E-state index in [2.05, 4.69) is 34.5 Å². The minimum absolute atomic E-state index is 0.0925. The van der Waals surface area contributed by atoms with Crippen LogP contribution in [-0.4, -0.2) is 53.2 Å². The molecule has 0 aliphatic carbocycles. The van der Waals surface area contributed by atoms with Gasteiger partial charge in [0.1, 0.15) is 0 Å². The Morgan fingerprint density at radius 1 is 1.29 bits per heavy atom. The number of carbonyl (C=O) groups excluding carboxylic acids is 1. The summed E-state index contributed by atoms with van der Waals surface area (Å²) in [5, 5.41) is 13.2. The van der Waals surface area contributed by atoms with Gasteiger partial charge in [-0.2, -0.15) is 11.8 Å². The molecule has 24 heavy (non-hydrogen) atoms. The second-order valence-corrected chi connectivity index (χ2v) is 8.20. The Kier molecular flexibility index (Phi) is 6.58. The van der Waals surface area contributed by atoms with E-state index in [1.807, 2.05) is 11.8 Å².